The second-order valence-corrected chi connectivity index (χ2v) is 6.06. The Bertz CT molecular complexity index is 590. The Kier molecular flexibility index (Phi) is 5.84. The smallest absolute Gasteiger partial charge is 0.262 e. The van der Waals surface area contributed by atoms with Crippen molar-refractivity contribution in [2.24, 2.45) is 0 Å². The summed E-state index contributed by atoms with van der Waals surface area (Å²) >= 11 is 0. The molecule has 1 saturated heterocycles. The van der Waals surface area contributed by atoms with Gasteiger partial charge in [0.05, 0.1) is 24.5 Å². The van der Waals surface area contributed by atoms with E-state index in [1.54, 1.807) is 0 Å². The number of alkyl halides is 2. The SMILES string of the molecule is CN(C)CCNC(=O)Cn1cc(NC(=O)C2CC(F)(F)CN2)cn1. The van der Waals surface area contributed by atoms with E-state index in [0.717, 1.165) is 6.54 Å². The molecule has 1 aliphatic rings. The van der Waals surface area contributed by atoms with Gasteiger partial charge in [-0.25, -0.2) is 8.78 Å². The highest BCUT2D eigenvalue weighted by Gasteiger charge is 2.42. The summed E-state index contributed by atoms with van der Waals surface area (Å²) in [7, 11) is 3.81. The Balaban J connectivity index is 1.78. The number of likely N-dealkylation sites (N-methyl/N-ethyl adjacent to an activating group) is 1. The molecule has 8 nitrogen and oxygen atoms in total. The van der Waals surface area contributed by atoms with E-state index in [-0.39, 0.29) is 12.5 Å². The average Bonchev–Trinajstić information content (AvgIpc) is 3.04. The topological polar surface area (TPSA) is 91.3 Å². The van der Waals surface area contributed by atoms with Crippen LogP contribution in [0.25, 0.3) is 0 Å². The van der Waals surface area contributed by atoms with Crippen LogP contribution >= 0.6 is 0 Å². The van der Waals surface area contributed by atoms with Gasteiger partial charge in [-0.15, -0.1) is 0 Å². The maximum atomic E-state index is 13.1. The number of hydrogen-bond acceptors (Lipinski definition) is 5. The highest BCUT2D eigenvalue weighted by molar-refractivity contribution is 5.95. The zero-order valence-corrected chi connectivity index (χ0v) is 13.7. The monoisotopic (exact) mass is 344 g/mol. The highest BCUT2D eigenvalue weighted by atomic mass is 19.3. The number of nitrogens with zero attached hydrogens (tertiary/aromatic N) is 3. The van der Waals surface area contributed by atoms with E-state index >= 15 is 0 Å². The van der Waals surface area contributed by atoms with Crippen LogP contribution in [-0.2, 0) is 16.1 Å². The van der Waals surface area contributed by atoms with Crippen LogP contribution in [-0.4, -0.2) is 72.2 Å². The van der Waals surface area contributed by atoms with Crippen molar-refractivity contribution >= 4 is 17.5 Å². The summed E-state index contributed by atoms with van der Waals surface area (Å²) in [5.41, 5.74) is 0.359. The van der Waals surface area contributed by atoms with E-state index in [2.05, 4.69) is 21.0 Å². The Hall–Kier alpha value is -2.07. The van der Waals surface area contributed by atoms with Crippen molar-refractivity contribution in [1.82, 2.24) is 25.3 Å². The molecular formula is C14H22F2N6O2. The third-order valence-electron chi connectivity index (χ3n) is 3.51. The molecule has 0 aliphatic carbocycles. The van der Waals surface area contributed by atoms with Crippen LogP contribution < -0.4 is 16.0 Å². The first-order valence-corrected chi connectivity index (χ1v) is 7.61. The molecule has 1 fully saturated rings. The van der Waals surface area contributed by atoms with Crippen molar-refractivity contribution in [1.29, 1.82) is 0 Å². The fourth-order valence-corrected chi connectivity index (χ4v) is 2.27. The van der Waals surface area contributed by atoms with Gasteiger partial charge in [0.25, 0.3) is 5.92 Å². The Morgan fingerprint density at radius 3 is 2.88 bits per heavy atom. The van der Waals surface area contributed by atoms with Crippen LogP contribution in [0.1, 0.15) is 6.42 Å². The third kappa shape index (κ3) is 5.53. The minimum atomic E-state index is -2.86. The second kappa shape index (κ2) is 7.67. The molecule has 0 spiro atoms. The summed E-state index contributed by atoms with van der Waals surface area (Å²) in [6.45, 7) is 0.768. The number of hydrogen-bond donors (Lipinski definition) is 3. The van der Waals surface area contributed by atoms with Gasteiger partial charge in [-0.2, -0.15) is 5.10 Å². The Morgan fingerprint density at radius 1 is 1.50 bits per heavy atom. The largest absolute Gasteiger partial charge is 0.353 e. The van der Waals surface area contributed by atoms with E-state index < -0.39 is 30.8 Å². The minimum absolute atomic E-state index is 0.0169. The van der Waals surface area contributed by atoms with Gasteiger partial charge >= 0.3 is 0 Å². The molecule has 2 amide bonds. The van der Waals surface area contributed by atoms with E-state index in [9.17, 15) is 18.4 Å². The third-order valence-corrected chi connectivity index (χ3v) is 3.51. The fourth-order valence-electron chi connectivity index (χ4n) is 2.27. The van der Waals surface area contributed by atoms with E-state index in [1.165, 1.54) is 17.1 Å². The van der Waals surface area contributed by atoms with Crippen LogP contribution in [0.5, 0.6) is 0 Å². The van der Waals surface area contributed by atoms with Crippen molar-refractivity contribution < 1.29 is 18.4 Å². The molecule has 134 valence electrons. The lowest BCUT2D eigenvalue weighted by Gasteiger charge is -2.10. The predicted octanol–water partition coefficient (Wildman–Crippen LogP) is -0.503. The van der Waals surface area contributed by atoms with Gasteiger partial charge in [-0.1, -0.05) is 0 Å². The second-order valence-electron chi connectivity index (χ2n) is 6.06. The molecule has 1 aromatic rings. The van der Waals surface area contributed by atoms with Gasteiger partial charge < -0.3 is 15.5 Å². The number of rotatable bonds is 7. The highest BCUT2D eigenvalue weighted by Crippen LogP contribution is 2.25. The van der Waals surface area contributed by atoms with E-state index in [1.807, 2.05) is 19.0 Å². The molecule has 2 heterocycles. The summed E-state index contributed by atoms with van der Waals surface area (Å²) in [6.07, 6.45) is 2.33. The number of aromatic nitrogens is 2. The first-order chi connectivity index (χ1) is 11.2. The van der Waals surface area contributed by atoms with Crippen LogP contribution in [0.4, 0.5) is 14.5 Å². The van der Waals surface area contributed by atoms with Crippen molar-refractivity contribution in [3.8, 4) is 0 Å². The molecule has 0 radical (unpaired) electrons. The first-order valence-electron chi connectivity index (χ1n) is 7.61. The average molecular weight is 344 g/mol. The fraction of sp³-hybridized carbons (Fsp3) is 0.643. The maximum Gasteiger partial charge on any atom is 0.262 e. The quantitative estimate of drug-likeness (QED) is 0.620. The van der Waals surface area contributed by atoms with Gasteiger partial charge in [-0.3, -0.25) is 19.6 Å². The molecule has 1 aromatic heterocycles. The zero-order chi connectivity index (χ0) is 17.7. The van der Waals surface area contributed by atoms with Gasteiger partial charge in [0.2, 0.25) is 11.8 Å². The maximum absolute atomic E-state index is 13.1. The van der Waals surface area contributed by atoms with Crippen molar-refractivity contribution in [2.45, 2.75) is 24.9 Å². The van der Waals surface area contributed by atoms with Crippen LogP contribution in [0.2, 0.25) is 0 Å². The standard InChI is InChI=1S/C14H22F2N6O2/c1-21(2)4-3-17-12(23)8-22-7-10(6-19-22)20-13(24)11-5-14(15,16)9-18-11/h6-7,11,18H,3-5,8-9H2,1-2H3,(H,17,23)(H,20,24). The summed E-state index contributed by atoms with van der Waals surface area (Å²) in [4.78, 5) is 25.6. The molecule has 1 aliphatic heterocycles. The summed E-state index contributed by atoms with van der Waals surface area (Å²) < 4.78 is 27.5. The normalized spacial score (nSPS) is 19.5. The van der Waals surface area contributed by atoms with Crippen LogP contribution in [0.3, 0.4) is 0 Å². The predicted molar refractivity (Wildman–Crippen MR) is 83.8 cm³/mol. The summed E-state index contributed by atoms with van der Waals surface area (Å²) in [6, 6.07) is -0.933. The Morgan fingerprint density at radius 2 is 2.25 bits per heavy atom. The van der Waals surface area contributed by atoms with Crippen molar-refractivity contribution in [3.05, 3.63) is 12.4 Å². The number of carbonyl (C=O) groups is 2. The van der Waals surface area contributed by atoms with E-state index in [0.29, 0.717) is 12.2 Å². The van der Waals surface area contributed by atoms with Crippen LogP contribution in [0, 0.1) is 0 Å². The number of anilines is 1. The summed E-state index contributed by atoms with van der Waals surface area (Å²) in [5, 5.41) is 11.7. The number of carbonyl (C=O) groups excluding carboxylic acids is 2. The number of nitrogens with one attached hydrogen (secondary N) is 3. The molecule has 3 N–H and O–H groups in total. The van der Waals surface area contributed by atoms with Crippen molar-refractivity contribution in [2.75, 3.05) is 39.0 Å². The summed E-state index contributed by atoms with van der Waals surface area (Å²) in [5.74, 6) is -3.60. The minimum Gasteiger partial charge on any atom is -0.353 e. The van der Waals surface area contributed by atoms with Crippen LogP contribution in [0.15, 0.2) is 12.4 Å². The Labute approximate surface area is 138 Å². The molecule has 1 atom stereocenters. The van der Waals surface area contributed by atoms with Gasteiger partial charge in [0.1, 0.15) is 6.54 Å². The zero-order valence-electron chi connectivity index (χ0n) is 13.7. The number of amides is 2. The molecule has 1 unspecified atom stereocenters. The molecule has 10 heteroatoms. The lowest BCUT2D eigenvalue weighted by molar-refractivity contribution is -0.122. The molecule has 0 bridgehead atoms. The van der Waals surface area contributed by atoms with Crippen molar-refractivity contribution in [3.63, 3.8) is 0 Å². The van der Waals surface area contributed by atoms with Gasteiger partial charge in [0, 0.05) is 25.7 Å². The molecule has 0 aromatic carbocycles. The van der Waals surface area contributed by atoms with E-state index in [4.69, 9.17) is 0 Å². The first kappa shape index (κ1) is 18.3. The van der Waals surface area contributed by atoms with Gasteiger partial charge in [-0.05, 0) is 14.1 Å². The van der Waals surface area contributed by atoms with Gasteiger partial charge in [0.15, 0.2) is 0 Å². The molecule has 0 saturated carbocycles. The lowest BCUT2D eigenvalue weighted by Crippen LogP contribution is -2.35. The number of halogens is 2. The lowest BCUT2D eigenvalue weighted by atomic mass is 10.2. The molecular weight excluding hydrogens is 322 g/mol. The molecule has 24 heavy (non-hydrogen) atoms. The molecule has 2 rings (SSSR count).